The van der Waals surface area contributed by atoms with Gasteiger partial charge >= 0.3 is 5.97 Å². The molecule has 28 heavy (non-hydrogen) atoms. The SMILES string of the molecule is COCCn1cc(C(=O)NC(CCC(=O)O)c2ccccc2)c2ccccc21. The Morgan fingerprint density at radius 3 is 2.54 bits per heavy atom. The molecule has 2 N–H and O–H groups in total. The molecule has 3 rings (SSSR count). The average molecular weight is 380 g/mol. The van der Waals surface area contributed by atoms with Crippen molar-refractivity contribution in [1.82, 2.24) is 9.88 Å². The zero-order valence-corrected chi connectivity index (χ0v) is 15.8. The van der Waals surface area contributed by atoms with Crippen molar-refractivity contribution in [3.8, 4) is 0 Å². The van der Waals surface area contributed by atoms with Gasteiger partial charge in [-0.1, -0.05) is 48.5 Å². The molecular formula is C22H24N2O4. The Bertz CT molecular complexity index is 950. The largest absolute Gasteiger partial charge is 0.481 e. The number of methoxy groups -OCH3 is 1. The Hall–Kier alpha value is -3.12. The summed E-state index contributed by atoms with van der Waals surface area (Å²) in [5.74, 6) is -1.10. The van der Waals surface area contributed by atoms with Gasteiger partial charge in [0.1, 0.15) is 0 Å². The molecule has 0 fully saturated rings. The average Bonchev–Trinajstić information content (AvgIpc) is 3.09. The predicted octanol–water partition coefficient (Wildman–Crippen LogP) is 3.62. The third-order valence-electron chi connectivity index (χ3n) is 4.72. The smallest absolute Gasteiger partial charge is 0.303 e. The number of nitrogens with zero attached hydrogens (tertiary/aromatic N) is 1. The first-order valence-electron chi connectivity index (χ1n) is 9.24. The normalized spacial score (nSPS) is 12.0. The number of carboxylic acid groups (broad SMARTS) is 1. The molecule has 146 valence electrons. The van der Waals surface area contributed by atoms with Crippen molar-refractivity contribution in [3.05, 3.63) is 71.9 Å². The van der Waals surface area contributed by atoms with Crippen LogP contribution in [0.3, 0.4) is 0 Å². The minimum atomic E-state index is -0.883. The standard InChI is InChI=1S/C22H24N2O4/c1-28-14-13-24-15-18(17-9-5-6-10-20(17)24)22(27)23-19(11-12-21(25)26)16-7-3-2-4-8-16/h2-10,15,19H,11-14H2,1H3,(H,23,27)(H,25,26). The molecule has 0 spiro atoms. The number of carboxylic acids is 1. The molecule has 3 aromatic rings. The summed E-state index contributed by atoms with van der Waals surface area (Å²) in [5.41, 5.74) is 2.43. The number of para-hydroxylation sites is 1. The van der Waals surface area contributed by atoms with Crippen LogP contribution in [-0.2, 0) is 16.1 Å². The molecule has 6 heteroatoms. The number of ether oxygens (including phenoxy) is 1. The quantitative estimate of drug-likeness (QED) is 0.594. The van der Waals surface area contributed by atoms with E-state index in [-0.39, 0.29) is 18.4 Å². The van der Waals surface area contributed by atoms with Crippen molar-refractivity contribution in [2.45, 2.75) is 25.4 Å². The Morgan fingerprint density at radius 1 is 1.11 bits per heavy atom. The highest BCUT2D eigenvalue weighted by Gasteiger charge is 2.20. The minimum Gasteiger partial charge on any atom is -0.481 e. The number of nitrogens with one attached hydrogen (secondary N) is 1. The highest BCUT2D eigenvalue weighted by atomic mass is 16.5. The first kappa shape index (κ1) is 19.6. The Balaban J connectivity index is 1.88. The summed E-state index contributed by atoms with van der Waals surface area (Å²) >= 11 is 0. The first-order valence-corrected chi connectivity index (χ1v) is 9.24. The molecule has 1 atom stereocenters. The number of hydrogen-bond acceptors (Lipinski definition) is 3. The molecule has 0 saturated carbocycles. The second-order valence-electron chi connectivity index (χ2n) is 6.62. The number of carbonyl (C=O) groups is 2. The summed E-state index contributed by atoms with van der Waals surface area (Å²) in [7, 11) is 1.65. The van der Waals surface area contributed by atoms with Crippen molar-refractivity contribution in [1.29, 1.82) is 0 Å². The molecule has 1 aromatic heterocycles. The van der Waals surface area contributed by atoms with Crippen LogP contribution < -0.4 is 5.32 Å². The van der Waals surface area contributed by atoms with E-state index in [1.807, 2.05) is 65.4 Å². The molecular weight excluding hydrogens is 356 g/mol. The molecule has 1 unspecified atom stereocenters. The number of carbonyl (C=O) groups excluding carboxylic acids is 1. The number of aromatic nitrogens is 1. The van der Waals surface area contributed by atoms with E-state index in [0.717, 1.165) is 16.5 Å². The van der Waals surface area contributed by atoms with Crippen LogP contribution >= 0.6 is 0 Å². The predicted molar refractivity (Wildman–Crippen MR) is 107 cm³/mol. The zero-order valence-electron chi connectivity index (χ0n) is 15.8. The van der Waals surface area contributed by atoms with Gasteiger partial charge < -0.3 is 19.7 Å². The van der Waals surface area contributed by atoms with Crippen molar-refractivity contribution in [3.63, 3.8) is 0 Å². The summed E-state index contributed by atoms with van der Waals surface area (Å²) in [6.07, 6.45) is 2.14. The van der Waals surface area contributed by atoms with Gasteiger partial charge in [0.2, 0.25) is 0 Å². The van der Waals surface area contributed by atoms with Gasteiger partial charge in [-0.25, -0.2) is 0 Å². The van der Waals surface area contributed by atoms with E-state index in [2.05, 4.69) is 5.32 Å². The lowest BCUT2D eigenvalue weighted by molar-refractivity contribution is -0.137. The lowest BCUT2D eigenvalue weighted by Crippen LogP contribution is -2.29. The van der Waals surface area contributed by atoms with Crippen LogP contribution in [0.25, 0.3) is 10.9 Å². The third-order valence-corrected chi connectivity index (χ3v) is 4.72. The molecule has 0 bridgehead atoms. The van der Waals surface area contributed by atoms with Gasteiger partial charge in [0.25, 0.3) is 5.91 Å². The fourth-order valence-electron chi connectivity index (χ4n) is 3.31. The van der Waals surface area contributed by atoms with E-state index in [0.29, 0.717) is 25.1 Å². The molecule has 0 saturated heterocycles. The molecule has 0 radical (unpaired) electrons. The molecule has 2 aromatic carbocycles. The van der Waals surface area contributed by atoms with Crippen LogP contribution in [0.5, 0.6) is 0 Å². The van der Waals surface area contributed by atoms with Crippen molar-refractivity contribution < 1.29 is 19.4 Å². The van der Waals surface area contributed by atoms with Gasteiger partial charge in [-0.15, -0.1) is 0 Å². The molecule has 6 nitrogen and oxygen atoms in total. The molecule has 1 heterocycles. The van der Waals surface area contributed by atoms with E-state index >= 15 is 0 Å². The van der Waals surface area contributed by atoms with Crippen LogP contribution in [0.4, 0.5) is 0 Å². The van der Waals surface area contributed by atoms with Gasteiger partial charge in [0.05, 0.1) is 18.2 Å². The van der Waals surface area contributed by atoms with Crippen LogP contribution in [0.15, 0.2) is 60.8 Å². The van der Waals surface area contributed by atoms with Crippen LogP contribution in [-0.4, -0.2) is 35.3 Å². The maximum atomic E-state index is 13.1. The van der Waals surface area contributed by atoms with Gasteiger partial charge in [0, 0.05) is 37.2 Å². The van der Waals surface area contributed by atoms with Crippen LogP contribution in [0, 0.1) is 0 Å². The Morgan fingerprint density at radius 2 is 1.82 bits per heavy atom. The monoisotopic (exact) mass is 380 g/mol. The topological polar surface area (TPSA) is 80.6 Å². The molecule has 1 amide bonds. The van der Waals surface area contributed by atoms with Gasteiger partial charge in [-0.05, 0) is 18.1 Å². The summed E-state index contributed by atoms with van der Waals surface area (Å²) in [6, 6.07) is 16.8. The number of fused-ring (bicyclic) bond motifs is 1. The summed E-state index contributed by atoms with van der Waals surface area (Å²) < 4.78 is 7.17. The minimum absolute atomic E-state index is 0.0184. The molecule has 0 aliphatic rings. The number of hydrogen-bond donors (Lipinski definition) is 2. The highest BCUT2D eigenvalue weighted by molar-refractivity contribution is 6.07. The van der Waals surface area contributed by atoms with Crippen LogP contribution in [0.2, 0.25) is 0 Å². The zero-order chi connectivity index (χ0) is 19.9. The number of aliphatic carboxylic acids is 1. The van der Waals surface area contributed by atoms with Crippen LogP contribution in [0.1, 0.15) is 34.8 Å². The van der Waals surface area contributed by atoms with Crippen molar-refractivity contribution in [2.75, 3.05) is 13.7 Å². The number of rotatable bonds is 9. The van der Waals surface area contributed by atoms with Gasteiger partial charge in [-0.2, -0.15) is 0 Å². The summed E-state index contributed by atoms with van der Waals surface area (Å²) in [5, 5.41) is 12.9. The van der Waals surface area contributed by atoms with E-state index in [9.17, 15) is 9.59 Å². The molecule has 0 aliphatic heterocycles. The van der Waals surface area contributed by atoms with Gasteiger partial charge in [0.15, 0.2) is 0 Å². The van der Waals surface area contributed by atoms with E-state index < -0.39 is 5.97 Å². The number of benzene rings is 2. The fraction of sp³-hybridized carbons (Fsp3) is 0.273. The molecule has 0 aliphatic carbocycles. The lowest BCUT2D eigenvalue weighted by atomic mass is 10.0. The number of amides is 1. The third kappa shape index (κ3) is 4.58. The van der Waals surface area contributed by atoms with E-state index in [4.69, 9.17) is 9.84 Å². The Labute approximate surface area is 163 Å². The summed E-state index contributed by atoms with van der Waals surface area (Å²) in [4.78, 5) is 24.1. The Kier molecular flexibility index (Phi) is 6.45. The maximum absolute atomic E-state index is 13.1. The maximum Gasteiger partial charge on any atom is 0.303 e. The van der Waals surface area contributed by atoms with E-state index in [1.165, 1.54) is 0 Å². The lowest BCUT2D eigenvalue weighted by Gasteiger charge is -2.18. The first-order chi connectivity index (χ1) is 13.6. The second-order valence-corrected chi connectivity index (χ2v) is 6.62. The fourth-order valence-corrected chi connectivity index (χ4v) is 3.31. The van der Waals surface area contributed by atoms with E-state index in [1.54, 1.807) is 7.11 Å². The highest BCUT2D eigenvalue weighted by Crippen LogP contribution is 2.24. The summed E-state index contributed by atoms with van der Waals surface area (Å²) in [6.45, 7) is 1.19. The van der Waals surface area contributed by atoms with Crippen molar-refractivity contribution >= 4 is 22.8 Å². The van der Waals surface area contributed by atoms with Crippen molar-refractivity contribution in [2.24, 2.45) is 0 Å². The van der Waals surface area contributed by atoms with Gasteiger partial charge in [-0.3, -0.25) is 9.59 Å². The second kappa shape index (κ2) is 9.19.